The molecule has 1 unspecified atom stereocenters. The summed E-state index contributed by atoms with van der Waals surface area (Å²) in [4.78, 5) is 0. The van der Waals surface area contributed by atoms with Gasteiger partial charge in [-0.25, -0.2) is 0 Å². The predicted octanol–water partition coefficient (Wildman–Crippen LogP) is 2.53. The first-order valence-electron chi connectivity index (χ1n) is 5.40. The lowest BCUT2D eigenvalue weighted by Crippen LogP contribution is -2.27. The van der Waals surface area contributed by atoms with Crippen LogP contribution in [0.3, 0.4) is 0 Å². The monoisotopic (exact) mass is 223 g/mol. The highest BCUT2D eigenvalue weighted by Crippen LogP contribution is 2.25. The summed E-state index contributed by atoms with van der Waals surface area (Å²) in [5.74, 6) is 0.649. The van der Waals surface area contributed by atoms with Crippen LogP contribution < -0.4 is 5.32 Å². The Morgan fingerprint density at radius 2 is 2.13 bits per heavy atom. The Labute approximate surface area is 93.5 Å². The van der Waals surface area contributed by atoms with Crippen LogP contribution in [0.25, 0.3) is 0 Å². The van der Waals surface area contributed by atoms with Crippen LogP contribution in [0, 0.1) is 0 Å². The zero-order valence-corrected chi connectivity index (χ0v) is 9.85. The van der Waals surface area contributed by atoms with Crippen molar-refractivity contribution < 1.29 is 4.21 Å². The largest absolute Gasteiger partial charge is 0.382 e. The normalized spacial score (nSPS) is 18.2. The molecule has 3 heteroatoms. The number of anilines is 1. The number of hydrogen-bond acceptors (Lipinski definition) is 2. The quantitative estimate of drug-likeness (QED) is 0.850. The van der Waals surface area contributed by atoms with Gasteiger partial charge in [0.05, 0.1) is 5.75 Å². The van der Waals surface area contributed by atoms with Gasteiger partial charge in [-0.05, 0) is 30.9 Å². The summed E-state index contributed by atoms with van der Waals surface area (Å²) in [7, 11) is -0.766. The van der Waals surface area contributed by atoms with E-state index in [0.717, 1.165) is 5.69 Å². The highest BCUT2D eigenvalue weighted by molar-refractivity contribution is 7.83. The first-order chi connectivity index (χ1) is 7.25. The average Bonchev–Trinajstić information content (AvgIpc) is 2.13. The second-order valence-electron chi connectivity index (χ2n) is 4.15. The van der Waals surface area contributed by atoms with Crippen molar-refractivity contribution in [1.29, 1.82) is 0 Å². The van der Waals surface area contributed by atoms with E-state index in [9.17, 15) is 4.21 Å². The summed E-state index contributed by atoms with van der Waals surface area (Å²) in [6, 6.07) is 8.82. The molecule has 0 amide bonds. The number of rotatable bonds is 4. The minimum Gasteiger partial charge on any atom is -0.382 e. The maximum Gasteiger partial charge on any atom is 0.0503 e. The molecule has 1 N–H and O–H groups in total. The molecule has 1 aliphatic carbocycles. The van der Waals surface area contributed by atoms with Crippen molar-refractivity contribution in [2.45, 2.75) is 31.1 Å². The summed E-state index contributed by atoms with van der Waals surface area (Å²) in [6.07, 6.45) is 5.62. The maximum absolute atomic E-state index is 11.2. The standard InChI is InChI=1S/C12H17NOS/c1-15(14)9-10-5-2-3-8-12(10)13-11-6-4-7-11/h2-3,5,8,11,13H,4,6-7,9H2,1H3. The van der Waals surface area contributed by atoms with E-state index in [1.54, 1.807) is 6.26 Å². The van der Waals surface area contributed by atoms with Gasteiger partial charge in [-0.3, -0.25) is 4.21 Å². The summed E-state index contributed by atoms with van der Waals surface area (Å²) >= 11 is 0. The molecule has 0 heterocycles. The van der Waals surface area contributed by atoms with Crippen molar-refractivity contribution in [1.82, 2.24) is 0 Å². The smallest absolute Gasteiger partial charge is 0.0503 e. The third-order valence-corrected chi connectivity index (χ3v) is 3.56. The predicted molar refractivity (Wildman–Crippen MR) is 65.5 cm³/mol. The van der Waals surface area contributed by atoms with Gasteiger partial charge in [0.15, 0.2) is 0 Å². The molecule has 1 atom stereocenters. The summed E-state index contributed by atoms with van der Waals surface area (Å²) in [6.45, 7) is 0. The molecule has 0 saturated heterocycles. The van der Waals surface area contributed by atoms with Crippen LogP contribution >= 0.6 is 0 Å². The average molecular weight is 223 g/mol. The third kappa shape index (κ3) is 2.81. The van der Waals surface area contributed by atoms with E-state index < -0.39 is 10.8 Å². The Morgan fingerprint density at radius 1 is 1.40 bits per heavy atom. The van der Waals surface area contributed by atoms with Gasteiger partial charge in [-0.15, -0.1) is 0 Å². The zero-order valence-electron chi connectivity index (χ0n) is 9.03. The highest BCUT2D eigenvalue weighted by Gasteiger charge is 2.17. The van der Waals surface area contributed by atoms with Gasteiger partial charge in [0.2, 0.25) is 0 Å². The molecule has 0 radical (unpaired) electrons. The molecule has 82 valence electrons. The van der Waals surface area contributed by atoms with E-state index in [2.05, 4.69) is 17.4 Å². The van der Waals surface area contributed by atoms with Crippen LogP contribution in [0.5, 0.6) is 0 Å². The molecule has 2 rings (SSSR count). The first-order valence-corrected chi connectivity index (χ1v) is 7.13. The Balaban J connectivity index is 2.09. The molecular weight excluding hydrogens is 206 g/mol. The topological polar surface area (TPSA) is 29.1 Å². The van der Waals surface area contributed by atoms with Gasteiger partial charge in [-0.2, -0.15) is 0 Å². The van der Waals surface area contributed by atoms with Gasteiger partial charge in [-0.1, -0.05) is 18.2 Å². The lowest BCUT2D eigenvalue weighted by atomic mass is 9.93. The zero-order chi connectivity index (χ0) is 10.7. The van der Waals surface area contributed by atoms with Crippen LogP contribution in [0.4, 0.5) is 5.69 Å². The van der Waals surface area contributed by atoms with E-state index in [1.165, 1.54) is 24.8 Å². The SMILES string of the molecule is CS(=O)Cc1ccccc1NC1CCC1. The molecular formula is C12H17NOS. The fraction of sp³-hybridized carbons (Fsp3) is 0.500. The Hall–Kier alpha value is -0.830. The van der Waals surface area contributed by atoms with Gasteiger partial charge in [0, 0.05) is 28.8 Å². The highest BCUT2D eigenvalue weighted by atomic mass is 32.2. The van der Waals surface area contributed by atoms with E-state index in [4.69, 9.17) is 0 Å². The fourth-order valence-corrected chi connectivity index (χ4v) is 2.47. The second kappa shape index (κ2) is 4.79. The lowest BCUT2D eigenvalue weighted by Gasteiger charge is -2.28. The summed E-state index contributed by atoms with van der Waals surface area (Å²) in [5, 5.41) is 3.52. The van der Waals surface area contributed by atoms with Crippen LogP contribution in [0.15, 0.2) is 24.3 Å². The number of para-hydroxylation sites is 1. The molecule has 0 aromatic heterocycles. The van der Waals surface area contributed by atoms with Crippen molar-refractivity contribution >= 4 is 16.5 Å². The van der Waals surface area contributed by atoms with Gasteiger partial charge in [0.25, 0.3) is 0 Å². The molecule has 2 nitrogen and oxygen atoms in total. The first kappa shape index (κ1) is 10.7. The Bertz CT molecular complexity index is 360. The van der Waals surface area contributed by atoms with Gasteiger partial charge in [0.1, 0.15) is 0 Å². The Morgan fingerprint density at radius 3 is 2.73 bits per heavy atom. The van der Waals surface area contributed by atoms with Crippen LogP contribution in [0.1, 0.15) is 24.8 Å². The molecule has 1 fully saturated rings. The molecule has 1 saturated carbocycles. The van der Waals surface area contributed by atoms with Crippen LogP contribution in [-0.2, 0) is 16.6 Å². The minimum absolute atomic E-state index is 0.636. The maximum atomic E-state index is 11.2. The molecule has 0 aliphatic heterocycles. The van der Waals surface area contributed by atoms with Crippen molar-refractivity contribution in [3.05, 3.63) is 29.8 Å². The van der Waals surface area contributed by atoms with Crippen molar-refractivity contribution in [2.24, 2.45) is 0 Å². The van der Waals surface area contributed by atoms with Gasteiger partial charge < -0.3 is 5.32 Å². The number of nitrogens with one attached hydrogen (secondary N) is 1. The molecule has 1 aromatic rings. The summed E-state index contributed by atoms with van der Waals surface area (Å²) in [5.41, 5.74) is 2.34. The van der Waals surface area contributed by atoms with Crippen molar-refractivity contribution in [3.63, 3.8) is 0 Å². The van der Waals surface area contributed by atoms with Crippen LogP contribution in [0.2, 0.25) is 0 Å². The molecule has 1 aromatic carbocycles. The minimum atomic E-state index is -0.766. The van der Waals surface area contributed by atoms with E-state index in [1.807, 2.05) is 12.1 Å². The second-order valence-corrected chi connectivity index (χ2v) is 5.58. The van der Waals surface area contributed by atoms with E-state index in [0.29, 0.717) is 11.8 Å². The number of hydrogen-bond donors (Lipinski definition) is 1. The summed E-state index contributed by atoms with van der Waals surface area (Å²) < 4.78 is 11.2. The van der Waals surface area contributed by atoms with E-state index in [-0.39, 0.29) is 0 Å². The van der Waals surface area contributed by atoms with E-state index >= 15 is 0 Å². The van der Waals surface area contributed by atoms with Crippen LogP contribution in [-0.4, -0.2) is 16.5 Å². The Kier molecular flexibility index (Phi) is 3.41. The van der Waals surface area contributed by atoms with Gasteiger partial charge >= 0.3 is 0 Å². The third-order valence-electron chi connectivity index (χ3n) is 2.84. The molecule has 15 heavy (non-hydrogen) atoms. The molecule has 0 spiro atoms. The molecule has 0 bridgehead atoms. The van der Waals surface area contributed by atoms with Crippen molar-refractivity contribution in [3.8, 4) is 0 Å². The number of benzene rings is 1. The molecule has 1 aliphatic rings. The lowest BCUT2D eigenvalue weighted by molar-refractivity contribution is 0.445. The fourth-order valence-electron chi connectivity index (χ4n) is 1.78. The van der Waals surface area contributed by atoms with Crippen molar-refractivity contribution in [2.75, 3.05) is 11.6 Å².